The second kappa shape index (κ2) is 6.16. The van der Waals surface area contributed by atoms with E-state index in [1.54, 1.807) is 18.4 Å². The standard InChI is InChI=1S/C16H18N2O4S/c1-10-13(17-15(23-10)11-5-4-8-22-11)14(21)18-16(9-12(19)20)6-2-3-7-16/h4-5,8H,2-3,6-7,9H2,1H3,(H,18,21)(H,19,20). The molecular formula is C16H18N2O4S. The number of carbonyl (C=O) groups excluding carboxylic acids is 1. The van der Waals surface area contributed by atoms with E-state index < -0.39 is 11.5 Å². The van der Waals surface area contributed by atoms with Gasteiger partial charge in [-0.05, 0) is 31.9 Å². The number of carbonyl (C=O) groups is 2. The molecule has 1 amide bonds. The average molecular weight is 334 g/mol. The largest absolute Gasteiger partial charge is 0.481 e. The van der Waals surface area contributed by atoms with Gasteiger partial charge in [-0.2, -0.15) is 0 Å². The maximum absolute atomic E-state index is 12.6. The minimum Gasteiger partial charge on any atom is -0.481 e. The number of furan rings is 1. The van der Waals surface area contributed by atoms with Gasteiger partial charge in [-0.15, -0.1) is 11.3 Å². The number of hydrogen-bond acceptors (Lipinski definition) is 5. The summed E-state index contributed by atoms with van der Waals surface area (Å²) in [5, 5.41) is 12.7. The summed E-state index contributed by atoms with van der Waals surface area (Å²) < 4.78 is 5.31. The highest BCUT2D eigenvalue weighted by atomic mass is 32.1. The van der Waals surface area contributed by atoms with Gasteiger partial charge in [0.2, 0.25) is 0 Å². The van der Waals surface area contributed by atoms with Crippen molar-refractivity contribution in [3.63, 3.8) is 0 Å². The van der Waals surface area contributed by atoms with E-state index in [0.29, 0.717) is 29.3 Å². The SMILES string of the molecule is Cc1sc(-c2ccco2)nc1C(=O)NC1(CC(=O)O)CCCC1. The quantitative estimate of drug-likeness (QED) is 0.876. The molecule has 1 aliphatic carbocycles. The highest BCUT2D eigenvalue weighted by Crippen LogP contribution is 2.34. The van der Waals surface area contributed by atoms with E-state index in [1.165, 1.54) is 11.3 Å². The minimum absolute atomic E-state index is 0.0486. The minimum atomic E-state index is -0.890. The zero-order chi connectivity index (χ0) is 16.4. The molecule has 0 aromatic carbocycles. The molecule has 2 N–H and O–H groups in total. The molecule has 2 aromatic rings. The molecule has 0 spiro atoms. The molecule has 122 valence electrons. The van der Waals surface area contributed by atoms with E-state index in [9.17, 15) is 9.59 Å². The van der Waals surface area contributed by atoms with E-state index in [1.807, 2.05) is 6.92 Å². The highest BCUT2D eigenvalue weighted by Gasteiger charge is 2.38. The van der Waals surface area contributed by atoms with Gasteiger partial charge >= 0.3 is 5.97 Å². The van der Waals surface area contributed by atoms with Crippen LogP contribution in [-0.2, 0) is 4.79 Å². The first-order chi connectivity index (χ1) is 11.0. The lowest BCUT2D eigenvalue weighted by Gasteiger charge is -2.28. The van der Waals surface area contributed by atoms with Crippen LogP contribution in [0, 0.1) is 6.92 Å². The van der Waals surface area contributed by atoms with Crippen LogP contribution in [0.15, 0.2) is 22.8 Å². The van der Waals surface area contributed by atoms with Crippen molar-refractivity contribution in [2.75, 3.05) is 0 Å². The molecule has 0 unspecified atom stereocenters. The van der Waals surface area contributed by atoms with E-state index in [4.69, 9.17) is 9.52 Å². The molecule has 1 saturated carbocycles. The molecule has 0 atom stereocenters. The van der Waals surface area contributed by atoms with E-state index in [-0.39, 0.29) is 12.3 Å². The van der Waals surface area contributed by atoms with Crippen LogP contribution in [0.3, 0.4) is 0 Å². The maximum Gasteiger partial charge on any atom is 0.305 e. The number of aliphatic carboxylic acids is 1. The van der Waals surface area contributed by atoms with E-state index >= 15 is 0 Å². The Morgan fingerprint density at radius 1 is 1.43 bits per heavy atom. The molecule has 3 rings (SSSR count). The first-order valence-corrected chi connectivity index (χ1v) is 8.36. The number of rotatable bonds is 5. The Labute approximate surface area is 137 Å². The van der Waals surface area contributed by atoms with Gasteiger partial charge in [0.05, 0.1) is 18.2 Å². The second-order valence-corrected chi connectivity index (χ2v) is 7.12. The Bertz CT molecular complexity index is 715. The molecule has 2 heterocycles. The molecule has 23 heavy (non-hydrogen) atoms. The average Bonchev–Trinajstić information content (AvgIpc) is 3.18. The number of nitrogens with zero attached hydrogens (tertiary/aromatic N) is 1. The lowest BCUT2D eigenvalue weighted by molar-refractivity contribution is -0.138. The topological polar surface area (TPSA) is 92.4 Å². The lowest BCUT2D eigenvalue weighted by Crippen LogP contribution is -2.48. The number of nitrogens with one attached hydrogen (secondary N) is 1. The Hall–Kier alpha value is -2.15. The fourth-order valence-electron chi connectivity index (χ4n) is 3.10. The molecule has 7 heteroatoms. The van der Waals surface area contributed by atoms with Crippen molar-refractivity contribution >= 4 is 23.2 Å². The zero-order valence-corrected chi connectivity index (χ0v) is 13.6. The fourth-order valence-corrected chi connectivity index (χ4v) is 3.98. The predicted molar refractivity (Wildman–Crippen MR) is 85.5 cm³/mol. The highest BCUT2D eigenvalue weighted by molar-refractivity contribution is 7.15. The summed E-state index contributed by atoms with van der Waals surface area (Å²) in [5.74, 6) is -0.573. The second-order valence-electron chi connectivity index (χ2n) is 5.91. The number of thiazole rings is 1. The van der Waals surface area contributed by atoms with Crippen molar-refractivity contribution in [2.24, 2.45) is 0 Å². The van der Waals surface area contributed by atoms with Gasteiger partial charge in [-0.3, -0.25) is 9.59 Å². The van der Waals surface area contributed by atoms with Crippen LogP contribution in [0.4, 0.5) is 0 Å². The van der Waals surface area contributed by atoms with Gasteiger partial charge in [-0.25, -0.2) is 4.98 Å². The number of hydrogen-bond donors (Lipinski definition) is 2. The smallest absolute Gasteiger partial charge is 0.305 e. The number of aromatic nitrogens is 1. The van der Waals surface area contributed by atoms with Crippen LogP contribution in [0.2, 0.25) is 0 Å². The molecule has 0 aliphatic heterocycles. The van der Waals surface area contributed by atoms with Gasteiger partial charge in [-0.1, -0.05) is 12.8 Å². The third-order valence-corrected chi connectivity index (χ3v) is 5.16. The Morgan fingerprint density at radius 3 is 2.78 bits per heavy atom. The Balaban J connectivity index is 1.81. The van der Waals surface area contributed by atoms with Gasteiger partial charge < -0.3 is 14.8 Å². The van der Waals surface area contributed by atoms with E-state index in [0.717, 1.165) is 17.7 Å². The van der Waals surface area contributed by atoms with Crippen LogP contribution in [-0.4, -0.2) is 27.5 Å². The number of carboxylic acid groups (broad SMARTS) is 1. The maximum atomic E-state index is 12.6. The van der Waals surface area contributed by atoms with E-state index in [2.05, 4.69) is 10.3 Å². The summed E-state index contributed by atoms with van der Waals surface area (Å²) in [7, 11) is 0. The van der Waals surface area contributed by atoms with Crippen LogP contribution < -0.4 is 5.32 Å². The van der Waals surface area contributed by atoms with Gasteiger partial charge in [0.15, 0.2) is 10.8 Å². The summed E-state index contributed by atoms with van der Waals surface area (Å²) in [5.41, 5.74) is -0.304. The van der Waals surface area contributed by atoms with Crippen molar-refractivity contribution in [3.05, 3.63) is 29.0 Å². The van der Waals surface area contributed by atoms with Gasteiger partial charge in [0, 0.05) is 4.88 Å². The molecule has 2 aromatic heterocycles. The van der Waals surface area contributed by atoms with Crippen LogP contribution in [0.5, 0.6) is 0 Å². The zero-order valence-electron chi connectivity index (χ0n) is 12.8. The normalized spacial score (nSPS) is 16.4. The van der Waals surface area contributed by atoms with Gasteiger partial charge in [0.25, 0.3) is 5.91 Å². The van der Waals surface area contributed by atoms with Crippen molar-refractivity contribution in [2.45, 2.75) is 44.6 Å². The third-order valence-electron chi connectivity index (χ3n) is 4.17. The number of amides is 1. The molecule has 0 bridgehead atoms. The summed E-state index contributed by atoms with van der Waals surface area (Å²) >= 11 is 1.39. The first-order valence-electron chi connectivity index (χ1n) is 7.55. The van der Waals surface area contributed by atoms with Crippen molar-refractivity contribution in [1.29, 1.82) is 0 Å². The lowest BCUT2D eigenvalue weighted by atomic mass is 9.93. The fraction of sp³-hybridized carbons (Fsp3) is 0.438. The first kappa shape index (κ1) is 15.7. The monoisotopic (exact) mass is 334 g/mol. The predicted octanol–water partition coefficient (Wildman–Crippen LogP) is 3.23. The van der Waals surface area contributed by atoms with Crippen molar-refractivity contribution in [3.8, 4) is 10.8 Å². The third kappa shape index (κ3) is 3.29. The van der Waals surface area contributed by atoms with Crippen molar-refractivity contribution in [1.82, 2.24) is 10.3 Å². The molecule has 1 aliphatic rings. The van der Waals surface area contributed by atoms with Crippen LogP contribution in [0.25, 0.3) is 10.8 Å². The Kier molecular flexibility index (Phi) is 4.21. The molecule has 1 fully saturated rings. The molecule has 0 radical (unpaired) electrons. The Morgan fingerprint density at radius 2 is 2.17 bits per heavy atom. The molecule has 0 saturated heterocycles. The summed E-state index contributed by atoms with van der Waals surface area (Å²) in [6, 6.07) is 3.56. The van der Waals surface area contributed by atoms with Crippen LogP contribution >= 0.6 is 11.3 Å². The summed E-state index contributed by atoms with van der Waals surface area (Å²) in [6.07, 6.45) is 4.76. The molecule has 6 nitrogen and oxygen atoms in total. The number of aryl methyl sites for hydroxylation is 1. The van der Waals surface area contributed by atoms with Crippen LogP contribution in [0.1, 0.15) is 47.5 Å². The summed E-state index contributed by atoms with van der Waals surface area (Å²) in [4.78, 5) is 28.9. The number of carboxylic acids is 1. The van der Waals surface area contributed by atoms with Gasteiger partial charge in [0.1, 0.15) is 5.69 Å². The van der Waals surface area contributed by atoms with Crippen molar-refractivity contribution < 1.29 is 19.1 Å². The summed E-state index contributed by atoms with van der Waals surface area (Å²) in [6.45, 7) is 1.83. The molecular weight excluding hydrogens is 316 g/mol.